The molecule has 1 unspecified atom stereocenters. The van der Waals surface area contributed by atoms with Gasteiger partial charge in [-0.1, -0.05) is 36.7 Å². The summed E-state index contributed by atoms with van der Waals surface area (Å²) >= 11 is 3.38. The molecule has 0 aliphatic rings. The van der Waals surface area contributed by atoms with E-state index in [1.807, 2.05) is 18.7 Å². The summed E-state index contributed by atoms with van der Waals surface area (Å²) in [7, 11) is 0. The first-order valence-corrected chi connectivity index (χ1v) is 6.51. The Hall–Kier alpha value is -0.0500. The van der Waals surface area contributed by atoms with E-state index in [1.54, 1.807) is 0 Å². The monoisotopic (exact) mass is 263 g/mol. The van der Waals surface area contributed by atoms with E-state index in [9.17, 15) is 4.79 Å². The molecule has 0 saturated carbocycles. The van der Waals surface area contributed by atoms with Gasteiger partial charge in [0.15, 0.2) is 0 Å². The zero-order valence-electron chi connectivity index (χ0n) is 9.72. The number of rotatable bonds is 6. The average molecular weight is 264 g/mol. The number of hydrogen-bond acceptors (Lipinski definition) is 1. The lowest BCUT2D eigenvalue weighted by atomic mass is 9.96. The number of halogens is 1. The van der Waals surface area contributed by atoms with Gasteiger partial charge < -0.3 is 4.90 Å². The van der Waals surface area contributed by atoms with Crippen molar-refractivity contribution in [2.75, 3.05) is 18.4 Å². The van der Waals surface area contributed by atoms with Gasteiger partial charge in [-0.25, -0.2) is 0 Å². The number of nitrogens with zero attached hydrogens (tertiary/aromatic N) is 1. The van der Waals surface area contributed by atoms with E-state index >= 15 is 0 Å². The molecule has 0 saturated heterocycles. The molecular formula is C11H22BrNO. The van der Waals surface area contributed by atoms with E-state index in [1.165, 1.54) is 0 Å². The Morgan fingerprint density at radius 1 is 1.36 bits per heavy atom. The largest absolute Gasteiger partial charge is 0.343 e. The Morgan fingerprint density at radius 2 is 1.93 bits per heavy atom. The summed E-state index contributed by atoms with van der Waals surface area (Å²) in [6.45, 7) is 9.95. The van der Waals surface area contributed by atoms with E-state index in [0.29, 0.717) is 11.8 Å². The van der Waals surface area contributed by atoms with Gasteiger partial charge in [-0.3, -0.25) is 4.79 Å². The summed E-state index contributed by atoms with van der Waals surface area (Å²) in [4.78, 5) is 13.9. The third-order valence-electron chi connectivity index (χ3n) is 2.64. The summed E-state index contributed by atoms with van der Waals surface area (Å²) < 4.78 is 0. The van der Waals surface area contributed by atoms with E-state index < -0.39 is 0 Å². The number of carbonyl (C=O) groups is 1. The Labute approximate surface area is 96.2 Å². The van der Waals surface area contributed by atoms with Crippen molar-refractivity contribution < 1.29 is 4.79 Å². The number of alkyl halides is 1. The fourth-order valence-corrected chi connectivity index (χ4v) is 1.50. The molecule has 0 fully saturated rings. The Morgan fingerprint density at radius 3 is 2.29 bits per heavy atom. The second-order valence-corrected chi connectivity index (χ2v) is 4.79. The molecule has 0 aliphatic carbocycles. The van der Waals surface area contributed by atoms with Crippen LogP contribution in [0.25, 0.3) is 0 Å². The summed E-state index contributed by atoms with van der Waals surface area (Å²) in [5.41, 5.74) is 0. The molecule has 0 heterocycles. The van der Waals surface area contributed by atoms with Gasteiger partial charge in [0.1, 0.15) is 0 Å². The molecule has 0 aromatic heterocycles. The lowest BCUT2D eigenvalue weighted by Gasteiger charge is -2.26. The molecular weight excluding hydrogens is 242 g/mol. The van der Waals surface area contributed by atoms with Crippen molar-refractivity contribution in [3.05, 3.63) is 0 Å². The average Bonchev–Trinajstić information content (AvgIpc) is 2.17. The fraction of sp³-hybridized carbons (Fsp3) is 0.909. The van der Waals surface area contributed by atoms with Crippen LogP contribution in [-0.4, -0.2) is 29.2 Å². The second kappa shape index (κ2) is 7.27. The minimum absolute atomic E-state index is 0.144. The maximum atomic E-state index is 11.9. The predicted octanol–water partition coefficient (Wildman–Crippen LogP) is 2.91. The van der Waals surface area contributed by atoms with Gasteiger partial charge >= 0.3 is 0 Å². The van der Waals surface area contributed by atoms with Crippen LogP contribution >= 0.6 is 15.9 Å². The molecule has 0 radical (unpaired) electrons. The van der Waals surface area contributed by atoms with Crippen molar-refractivity contribution in [2.45, 2.75) is 34.1 Å². The lowest BCUT2D eigenvalue weighted by Crippen LogP contribution is -2.37. The van der Waals surface area contributed by atoms with Crippen molar-refractivity contribution >= 4 is 21.8 Å². The Bertz CT molecular complexity index is 171. The molecule has 1 amide bonds. The maximum absolute atomic E-state index is 11.9. The van der Waals surface area contributed by atoms with Crippen LogP contribution in [0, 0.1) is 11.8 Å². The molecule has 2 nitrogen and oxygen atoms in total. The molecule has 0 N–H and O–H groups in total. The minimum atomic E-state index is 0.144. The highest BCUT2D eigenvalue weighted by atomic mass is 79.9. The standard InChI is InChI=1S/C11H22BrNO/c1-5-13(8-6-7-12)11(14)10(4)9(2)3/h9-10H,5-8H2,1-4H3. The Kier molecular flexibility index (Phi) is 7.24. The number of amides is 1. The van der Waals surface area contributed by atoms with Gasteiger partial charge in [0.2, 0.25) is 5.91 Å². The third kappa shape index (κ3) is 4.45. The molecule has 0 aromatic rings. The normalized spacial score (nSPS) is 13.0. The topological polar surface area (TPSA) is 20.3 Å². The molecule has 0 aliphatic heterocycles. The van der Waals surface area contributed by atoms with Crippen LogP contribution in [-0.2, 0) is 4.79 Å². The zero-order valence-corrected chi connectivity index (χ0v) is 11.3. The van der Waals surface area contributed by atoms with Crippen molar-refractivity contribution in [1.82, 2.24) is 4.90 Å². The summed E-state index contributed by atoms with van der Waals surface area (Å²) in [5.74, 6) is 0.870. The second-order valence-electron chi connectivity index (χ2n) is 3.99. The van der Waals surface area contributed by atoms with Gasteiger partial charge in [-0.15, -0.1) is 0 Å². The first kappa shape index (κ1) is 13.9. The van der Waals surface area contributed by atoms with E-state index in [4.69, 9.17) is 0 Å². The van der Waals surface area contributed by atoms with Crippen LogP contribution in [0.3, 0.4) is 0 Å². The van der Waals surface area contributed by atoms with E-state index in [0.717, 1.165) is 24.8 Å². The smallest absolute Gasteiger partial charge is 0.225 e. The summed E-state index contributed by atoms with van der Waals surface area (Å²) in [6, 6.07) is 0. The van der Waals surface area contributed by atoms with E-state index in [2.05, 4.69) is 29.8 Å². The molecule has 0 rings (SSSR count). The van der Waals surface area contributed by atoms with Crippen LogP contribution < -0.4 is 0 Å². The summed E-state index contributed by atoms with van der Waals surface area (Å²) in [6.07, 6.45) is 1.03. The highest BCUT2D eigenvalue weighted by molar-refractivity contribution is 9.09. The molecule has 84 valence electrons. The van der Waals surface area contributed by atoms with Crippen molar-refractivity contribution in [2.24, 2.45) is 11.8 Å². The molecule has 3 heteroatoms. The van der Waals surface area contributed by atoms with Crippen molar-refractivity contribution in [1.29, 1.82) is 0 Å². The van der Waals surface area contributed by atoms with Crippen LogP contribution in [0.15, 0.2) is 0 Å². The Balaban J connectivity index is 4.16. The van der Waals surface area contributed by atoms with Gasteiger partial charge in [-0.05, 0) is 19.3 Å². The molecule has 14 heavy (non-hydrogen) atoms. The predicted molar refractivity (Wildman–Crippen MR) is 64.7 cm³/mol. The van der Waals surface area contributed by atoms with Crippen LogP contribution in [0.2, 0.25) is 0 Å². The van der Waals surface area contributed by atoms with Crippen molar-refractivity contribution in [3.8, 4) is 0 Å². The highest BCUT2D eigenvalue weighted by Gasteiger charge is 2.21. The lowest BCUT2D eigenvalue weighted by molar-refractivity contribution is -0.136. The van der Waals surface area contributed by atoms with Gasteiger partial charge in [0.05, 0.1) is 0 Å². The first-order chi connectivity index (χ1) is 6.54. The molecule has 0 spiro atoms. The fourth-order valence-electron chi connectivity index (χ4n) is 1.25. The van der Waals surface area contributed by atoms with Crippen LogP contribution in [0.4, 0.5) is 0 Å². The van der Waals surface area contributed by atoms with Gasteiger partial charge in [0, 0.05) is 24.3 Å². The maximum Gasteiger partial charge on any atom is 0.225 e. The van der Waals surface area contributed by atoms with Crippen molar-refractivity contribution in [3.63, 3.8) is 0 Å². The highest BCUT2D eigenvalue weighted by Crippen LogP contribution is 2.13. The quantitative estimate of drug-likeness (QED) is 0.675. The van der Waals surface area contributed by atoms with Crippen LogP contribution in [0.1, 0.15) is 34.1 Å². The van der Waals surface area contributed by atoms with Crippen LogP contribution in [0.5, 0.6) is 0 Å². The zero-order chi connectivity index (χ0) is 11.1. The third-order valence-corrected chi connectivity index (χ3v) is 3.21. The molecule has 0 aromatic carbocycles. The summed E-state index contributed by atoms with van der Waals surface area (Å²) in [5, 5.41) is 0.965. The SMILES string of the molecule is CCN(CCCBr)C(=O)C(C)C(C)C. The van der Waals surface area contributed by atoms with Gasteiger partial charge in [-0.2, -0.15) is 0 Å². The molecule has 1 atom stereocenters. The van der Waals surface area contributed by atoms with Gasteiger partial charge in [0.25, 0.3) is 0 Å². The number of carbonyl (C=O) groups excluding carboxylic acids is 1. The van der Waals surface area contributed by atoms with E-state index in [-0.39, 0.29) is 5.92 Å². The minimum Gasteiger partial charge on any atom is -0.343 e. The first-order valence-electron chi connectivity index (χ1n) is 5.39. The number of hydrogen-bond donors (Lipinski definition) is 0. The molecule has 0 bridgehead atoms.